The minimum Gasteiger partial charge on any atom is -0.508 e. The van der Waals surface area contributed by atoms with E-state index in [1.165, 1.54) is 11.6 Å². The molecule has 0 amide bonds. The van der Waals surface area contributed by atoms with Gasteiger partial charge in [0.25, 0.3) is 0 Å². The number of ether oxygens (including phenoxy) is 1. The van der Waals surface area contributed by atoms with Gasteiger partial charge in [-0.2, -0.15) is 0 Å². The van der Waals surface area contributed by atoms with Crippen LogP contribution in [-0.4, -0.2) is 28.8 Å². The van der Waals surface area contributed by atoms with Gasteiger partial charge in [-0.1, -0.05) is 51.5 Å². The maximum absolute atomic E-state index is 12.5. The van der Waals surface area contributed by atoms with Gasteiger partial charge in [0.2, 0.25) is 0 Å². The van der Waals surface area contributed by atoms with E-state index in [1.807, 2.05) is 6.92 Å². The molecule has 2 fully saturated rings. The number of carbonyl (C=O) groups excluding carboxylic acids is 1. The van der Waals surface area contributed by atoms with E-state index in [-0.39, 0.29) is 34.9 Å². The van der Waals surface area contributed by atoms with Crippen LogP contribution in [-0.2, 0) is 14.3 Å². The second-order valence-corrected chi connectivity index (χ2v) is 11.1. The van der Waals surface area contributed by atoms with Gasteiger partial charge < -0.3 is 14.9 Å². The summed E-state index contributed by atoms with van der Waals surface area (Å²) in [5, 5.41) is 18.5. The summed E-state index contributed by atoms with van der Waals surface area (Å²) in [7, 11) is 0. The number of hydrogen-bond acceptors (Lipinski definition) is 4. The maximum Gasteiger partial charge on any atom is 0.330 e. The Morgan fingerprint density at radius 2 is 1.94 bits per heavy atom. The fraction of sp³-hybridized carbons (Fsp3) is 0.586. The monoisotopic (exact) mass is 468 g/mol. The molecule has 0 heterocycles. The highest BCUT2D eigenvalue weighted by atomic mass is 16.5. The number of phenols is 1. The highest BCUT2D eigenvalue weighted by molar-refractivity contribution is 5.87. The van der Waals surface area contributed by atoms with E-state index in [0.717, 1.165) is 50.5 Å². The highest BCUT2D eigenvalue weighted by Crippen LogP contribution is 2.62. The summed E-state index contributed by atoms with van der Waals surface area (Å²) >= 11 is 0. The van der Waals surface area contributed by atoms with Gasteiger partial charge in [-0.3, -0.25) is 4.79 Å². The number of aromatic hydroxyl groups is 1. The zero-order chi connectivity index (χ0) is 24.9. The molecule has 0 bridgehead atoms. The van der Waals surface area contributed by atoms with Crippen molar-refractivity contribution in [2.24, 2.45) is 28.6 Å². The average molecular weight is 469 g/mol. The first-order valence-electron chi connectivity index (χ1n) is 12.6. The molecule has 0 aromatic heterocycles. The summed E-state index contributed by atoms with van der Waals surface area (Å²) in [6.45, 7) is 11.5. The molecule has 1 aromatic rings. The Kier molecular flexibility index (Phi) is 8.27. The quantitative estimate of drug-likeness (QED) is 0.242. The topological polar surface area (TPSA) is 83.8 Å². The Hall–Kier alpha value is -2.56. The minimum absolute atomic E-state index is 0.0827. The van der Waals surface area contributed by atoms with E-state index in [4.69, 9.17) is 9.84 Å². The first-order chi connectivity index (χ1) is 16.0. The molecule has 5 atom stereocenters. The zero-order valence-corrected chi connectivity index (χ0v) is 20.9. The zero-order valence-electron chi connectivity index (χ0n) is 20.9. The molecule has 2 aliphatic rings. The molecular weight excluding hydrogens is 428 g/mol. The van der Waals surface area contributed by atoms with Crippen molar-refractivity contribution in [3.8, 4) is 5.75 Å². The van der Waals surface area contributed by atoms with Gasteiger partial charge >= 0.3 is 11.9 Å². The van der Waals surface area contributed by atoms with E-state index in [9.17, 15) is 14.7 Å². The number of carboxylic acid groups (broad SMARTS) is 1. The third kappa shape index (κ3) is 6.11. The molecule has 2 N–H and O–H groups in total. The number of allylic oxidation sites excluding steroid dienone is 1. The molecule has 2 saturated carbocycles. The van der Waals surface area contributed by atoms with Crippen LogP contribution in [0.15, 0.2) is 42.5 Å². The molecule has 0 spiro atoms. The molecule has 0 unspecified atom stereocenters. The summed E-state index contributed by atoms with van der Waals surface area (Å²) < 4.78 is 5.77. The van der Waals surface area contributed by atoms with Crippen molar-refractivity contribution in [3.05, 3.63) is 48.1 Å². The molecule has 34 heavy (non-hydrogen) atoms. The second kappa shape index (κ2) is 10.8. The molecule has 5 nitrogen and oxygen atoms in total. The second-order valence-electron chi connectivity index (χ2n) is 11.1. The van der Waals surface area contributed by atoms with E-state index >= 15 is 0 Å². The van der Waals surface area contributed by atoms with Crippen LogP contribution in [0, 0.1) is 28.6 Å². The van der Waals surface area contributed by atoms with Crippen LogP contribution in [0.25, 0.3) is 6.08 Å². The standard InChI is InChI=1S/C29H40O5/c1-20(18-26(31)32)6-13-24-21(2)7-14-25-28(3,16-5-17-29(24,25)4)19-34-27(33)15-10-22-8-11-23(30)12-9-22/h8-12,15,20,24-25,30H,2,5-7,13-14,16-19H2,1,3-4H3,(H,31,32)/t20-,24+,25+,28+,29-/m0/s1. The SMILES string of the molecule is C=C1CC[C@@H]2[C@@](C)(COC(=O)C=Cc3ccc(O)cc3)CCC[C@@]2(C)[C@@H]1CC[C@H](C)CC(=O)O. The summed E-state index contributed by atoms with van der Waals surface area (Å²) in [6.07, 6.45) is 10.6. The first-order valence-corrected chi connectivity index (χ1v) is 12.6. The van der Waals surface area contributed by atoms with E-state index < -0.39 is 5.97 Å². The third-order valence-corrected chi connectivity index (χ3v) is 8.46. The largest absolute Gasteiger partial charge is 0.508 e. The lowest BCUT2D eigenvalue weighted by Gasteiger charge is -2.58. The number of benzene rings is 1. The molecule has 2 aliphatic carbocycles. The maximum atomic E-state index is 12.5. The number of esters is 1. The fourth-order valence-electron chi connectivity index (χ4n) is 6.67. The van der Waals surface area contributed by atoms with Crippen LogP contribution >= 0.6 is 0 Å². The third-order valence-electron chi connectivity index (χ3n) is 8.46. The van der Waals surface area contributed by atoms with Gasteiger partial charge in [-0.05, 0) is 85.5 Å². The van der Waals surface area contributed by atoms with Gasteiger partial charge in [0.05, 0.1) is 6.61 Å². The van der Waals surface area contributed by atoms with Gasteiger partial charge in [0.1, 0.15) is 5.75 Å². The molecule has 0 radical (unpaired) electrons. The lowest BCUT2D eigenvalue weighted by atomic mass is 9.46. The Balaban J connectivity index is 1.65. The fourth-order valence-corrected chi connectivity index (χ4v) is 6.67. The van der Waals surface area contributed by atoms with Crippen molar-refractivity contribution in [3.63, 3.8) is 0 Å². The van der Waals surface area contributed by atoms with Gasteiger partial charge in [-0.15, -0.1) is 0 Å². The number of fused-ring (bicyclic) bond motifs is 1. The van der Waals surface area contributed by atoms with Crippen LogP contribution < -0.4 is 0 Å². The number of hydrogen-bond donors (Lipinski definition) is 2. The number of rotatable bonds is 9. The van der Waals surface area contributed by atoms with Crippen LogP contribution in [0.3, 0.4) is 0 Å². The van der Waals surface area contributed by atoms with Crippen molar-refractivity contribution in [1.29, 1.82) is 0 Å². The average Bonchev–Trinajstić information content (AvgIpc) is 2.76. The minimum atomic E-state index is -0.731. The van der Waals surface area contributed by atoms with E-state index in [0.29, 0.717) is 18.4 Å². The van der Waals surface area contributed by atoms with E-state index in [2.05, 4.69) is 20.4 Å². The Morgan fingerprint density at radius 3 is 2.62 bits per heavy atom. The number of carbonyl (C=O) groups is 2. The van der Waals surface area contributed by atoms with Crippen molar-refractivity contribution in [1.82, 2.24) is 0 Å². The smallest absolute Gasteiger partial charge is 0.330 e. The lowest BCUT2D eigenvalue weighted by molar-refractivity contribution is -0.149. The molecular formula is C29H40O5. The number of aliphatic carboxylic acids is 1. The molecule has 186 valence electrons. The molecule has 3 rings (SSSR count). The molecule has 0 aliphatic heterocycles. The van der Waals surface area contributed by atoms with Crippen molar-refractivity contribution >= 4 is 18.0 Å². The lowest BCUT2D eigenvalue weighted by Crippen LogP contribution is -2.52. The van der Waals surface area contributed by atoms with Crippen LogP contribution in [0.2, 0.25) is 0 Å². The predicted molar refractivity (Wildman–Crippen MR) is 134 cm³/mol. The molecule has 0 saturated heterocycles. The molecule has 5 heteroatoms. The first kappa shape index (κ1) is 26.1. The Labute approximate surface area is 203 Å². The van der Waals surface area contributed by atoms with Crippen LogP contribution in [0.4, 0.5) is 0 Å². The number of carboxylic acids is 1. The highest BCUT2D eigenvalue weighted by Gasteiger charge is 2.54. The van der Waals surface area contributed by atoms with E-state index in [1.54, 1.807) is 30.3 Å². The Morgan fingerprint density at radius 1 is 1.24 bits per heavy atom. The van der Waals surface area contributed by atoms with Crippen LogP contribution in [0.5, 0.6) is 5.75 Å². The Bertz CT molecular complexity index is 917. The normalized spacial score (nSPS) is 30.0. The van der Waals surface area contributed by atoms with Gasteiger partial charge in [0, 0.05) is 17.9 Å². The summed E-state index contributed by atoms with van der Waals surface area (Å²) in [4.78, 5) is 23.6. The molecule has 1 aromatic carbocycles. The van der Waals surface area contributed by atoms with Gasteiger partial charge in [-0.25, -0.2) is 4.79 Å². The van der Waals surface area contributed by atoms with Gasteiger partial charge in [0.15, 0.2) is 0 Å². The number of phenolic OH excluding ortho intramolecular Hbond substituents is 1. The van der Waals surface area contributed by atoms with Crippen LogP contribution in [0.1, 0.15) is 77.7 Å². The summed E-state index contributed by atoms with van der Waals surface area (Å²) in [5.74, 6) is 0.0925. The van der Waals surface area contributed by atoms with Crippen molar-refractivity contribution in [2.75, 3.05) is 6.61 Å². The van der Waals surface area contributed by atoms with Crippen molar-refractivity contribution in [2.45, 2.75) is 72.1 Å². The summed E-state index contributed by atoms with van der Waals surface area (Å²) in [5.41, 5.74) is 2.15. The predicted octanol–water partition coefficient (Wildman–Crippen LogP) is 6.62. The van der Waals surface area contributed by atoms with Crippen molar-refractivity contribution < 1.29 is 24.5 Å². The summed E-state index contributed by atoms with van der Waals surface area (Å²) in [6, 6.07) is 6.67.